The largest absolute Gasteiger partial charge is 0.314 e. The summed E-state index contributed by atoms with van der Waals surface area (Å²) in [5.74, 6) is 0. The summed E-state index contributed by atoms with van der Waals surface area (Å²) in [7, 11) is 0. The number of rotatable bonds is 3. The molecule has 1 N–H and O–H groups in total. The number of halogens is 1. The van der Waals surface area contributed by atoms with Gasteiger partial charge in [-0.15, -0.1) is 0 Å². The molecule has 0 aromatic rings. The van der Waals surface area contributed by atoms with Crippen LogP contribution in [0.3, 0.4) is 0 Å². The Balaban J connectivity index is 1.95. The standard InChI is InChI=1S/C11H21FN2/c12-6-3-8-14-9-7-13-10-11(14)4-1-2-5-11/h13H,1-10H2. The molecule has 0 bridgehead atoms. The fraction of sp³-hybridized carbons (Fsp3) is 1.00. The van der Waals surface area contributed by atoms with Crippen molar-refractivity contribution in [3.63, 3.8) is 0 Å². The van der Waals surface area contributed by atoms with Gasteiger partial charge in [0.05, 0.1) is 6.67 Å². The van der Waals surface area contributed by atoms with Gasteiger partial charge in [-0.05, 0) is 19.3 Å². The summed E-state index contributed by atoms with van der Waals surface area (Å²) in [6.45, 7) is 4.10. The maximum atomic E-state index is 12.2. The number of hydrogen-bond donors (Lipinski definition) is 1. The second kappa shape index (κ2) is 4.58. The fourth-order valence-corrected chi connectivity index (χ4v) is 3.01. The molecule has 82 valence electrons. The van der Waals surface area contributed by atoms with E-state index in [0.29, 0.717) is 12.0 Å². The minimum absolute atomic E-state index is 0.167. The molecule has 1 aliphatic heterocycles. The molecule has 0 aromatic heterocycles. The summed E-state index contributed by atoms with van der Waals surface area (Å²) >= 11 is 0. The van der Waals surface area contributed by atoms with Crippen molar-refractivity contribution in [3.8, 4) is 0 Å². The molecular formula is C11H21FN2. The van der Waals surface area contributed by atoms with Crippen LogP contribution in [0.4, 0.5) is 4.39 Å². The van der Waals surface area contributed by atoms with Crippen molar-refractivity contribution in [1.82, 2.24) is 10.2 Å². The van der Waals surface area contributed by atoms with Crippen molar-refractivity contribution in [2.75, 3.05) is 32.9 Å². The highest BCUT2D eigenvalue weighted by Gasteiger charge is 2.40. The van der Waals surface area contributed by atoms with Crippen LogP contribution in [0.25, 0.3) is 0 Å². The van der Waals surface area contributed by atoms with Crippen LogP contribution in [0, 0.1) is 0 Å². The van der Waals surface area contributed by atoms with Gasteiger partial charge in [-0.25, -0.2) is 0 Å². The molecule has 1 heterocycles. The zero-order valence-electron chi connectivity index (χ0n) is 8.90. The molecule has 1 saturated carbocycles. The Kier molecular flexibility index (Phi) is 3.39. The van der Waals surface area contributed by atoms with E-state index in [4.69, 9.17) is 0 Å². The highest BCUT2D eigenvalue weighted by atomic mass is 19.1. The maximum Gasteiger partial charge on any atom is 0.0906 e. The van der Waals surface area contributed by atoms with Crippen molar-refractivity contribution in [1.29, 1.82) is 0 Å². The average Bonchev–Trinajstić information content (AvgIpc) is 2.66. The molecule has 0 amide bonds. The molecule has 1 aliphatic carbocycles. The summed E-state index contributed by atoms with van der Waals surface area (Å²) in [5, 5.41) is 3.49. The Morgan fingerprint density at radius 3 is 2.79 bits per heavy atom. The summed E-state index contributed by atoms with van der Waals surface area (Å²) in [6, 6.07) is 0. The van der Waals surface area contributed by atoms with E-state index in [1.807, 2.05) is 0 Å². The Bertz CT molecular complexity index is 178. The molecule has 14 heavy (non-hydrogen) atoms. The van der Waals surface area contributed by atoms with Gasteiger partial charge < -0.3 is 5.32 Å². The maximum absolute atomic E-state index is 12.2. The van der Waals surface area contributed by atoms with E-state index in [0.717, 1.165) is 26.2 Å². The summed E-state index contributed by atoms with van der Waals surface area (Å²) in [5.41, 5.74) is 0.396. The van der Waals surface area contributed by atoms with E-state index >= 15 is 0 Å². The average molecular weight is 200 g/mol. The SMILES string of the molecule is FCCCN1CCNCC12CCCC2. The fourth-order valence-electron chi connectivity index (χ4n) is 3.01. The number of alkyl halides is 1. The van der Waals surface area contributed by atoms with Gasteiger partial charge in [0.15, 0.2) is 0 Å². The van der Waals surface area contributed by atoms with Gasteiger partial charge in [0.2, 0.25) is 0 Å². The minimum Gasteiger partial charge on any atom is -0.314 e. The molecule has 2 rings (SSSR count). The first-order valence-electron chi connectivity index (χ1n) is 5.89. The quantitative estimate of drug-likeness (QED) is 0.744. The Hall–Kier alpha value is -0.150. The molecule has 0 radical (unpaired) electrons. The summed E-state index contributed by atoms with van der Waals surface area (Å²) < 4.78 is 12.2. The molecule has 1 saturated heterocycles. The molecule has 0 aromatic carbocycles. The van der Waals surface area contributed by atoms with E-state index < -0.39 is 0 Å². The third kappa shape index (κ3) is 1.94. The molecule has 0 unspecified atom stereocenters. The van der Waals surface area contributed by atoms with Crippen molar-refractivity contribution >= 4 is 0 Å². The molecule has 2 nitrogen and oxygen atoms in total. The monoisotopic (exact) mass is 200 g/mol. The molecule has 1 spiro atoms. The predicted octanol–water partition coefficient (Wildman–Crippen LogP) is 1.56. The van der Waals surface area contributed by atoms with Crippen molar-refractivity contribution < 1.29 is 4.39 Å². The lowest BCUT2D eigenvalue weighted by Gasteiger charge is -2.45. The lowest BCUT2D eigenvalue weighted by molar-refractivity contribution is 0.0620. The highest BCUT2D eigenvalue weighted by Crippen LogP contribution is 2.35. The second-order valence-corrected chi connectivity index (χ2v) is 4.64. The van der Waals surface area contributed by atoms with Gasteiger partial charge >= 0.3 is 0 Å². The van der Waals surface area contributed by atoms with Gasteiger partial charge in [-0.1, -0.05) is 12.8 Å². The number of hydrogen-bond acceptors (Lipinski definition) is 2. The Labute approximate surface area is 85.9 Å². The lowest BCUT2D eigenvalue weighted by Crippen LogP contribution is -2.60. The number of nitrogens with zero attached hydrogens (tertiary/aromatic N) is 1. The molecule has 0 atom stereocenters. The summed E-state index contributed by atoms with van der Waals surface area (Å²) in [4.78, 5) is 2.54. The number of nitrogens with one attached hydrogen (secondary N) is 1. The number of piperazine rings is 1. The van der Waals surface area contributed by atoms with Crippen molar-refractivity contribution in [2.45, 2.75) is 37.6 Å². The first kappa shape index (κ1) is 10.4. The summed E-state index contributed by atoms with van der Waals surface area (Å²) in [6.07, 6.45) is 6.04. The van der Waals surface area contributed by atoms with Crippen LogP contribution >= 0.6 is 0 Å². The third-order valence-corrected chi connectivity index (χ3v) is 3.78. The first-order valence-corrected chi connectivity index (χ1v) is 5.89. The van der Waals surface area contributed by atoms with Crippen molar-refractivity contribution in [2.24, 2.45) is 0 Å². The first-order chi connectivity index (χ1) is 6.87. The van der Waals surface area contributed by atoms with Crippen molar-refractivity contribution in [3.05, 3.63) is 0 Å². The highest BCUT2D eigenvalue weighted by molar-refractivity contribution is 4.99. The van der Waals surface area contributed by atoms with Crippen LogP contribution < -0.4 is 5.32 Å². The van der Waals surface area contributed by atoms with E-state index in [-0.39, 0.29) is 6.67 Å². The van der Waals surface area contributed by atoms with Gasteiger partial charge in [0, 0.05) is 31.7 Å². The van der Waals surface area contributed by atoms with Gasteiger partial charge in [-0.3, -0.25) is 9.29 Å². The van der Waals surface area contributed by atoms with Gasteiger partial charge in [0.25, 0.3) is 0 Å². The molecular weight excluding hydrogens is 179 g/mol. The predicted molar refractivity (Wildman–Crippen MR) is 56.2 cm³/mol. The van der Waals surface area contributed by atoms with Crippen LogP contribution in [0.5, 0.6) is 0 Å². The van der Waals surface area contributed by atoms with Crippen LogP contribution in [0.15, 0.2) is 0 Å². The Morgan fingerprint density at radius 2 is 2.07 bits per heavy atom. The minimum atomic E-state index is -0.167. The lowest BCUT2D eigenvalue weighted by atomic mass is 9.92. The molecule has 2 aliphatic rings. The van der Waals surface area contributed by atoms with E-state index in [1.165, 1.54) is 25.7 Å². The second-order valence-electron chi connectivity index (χ2n) is 4.64. The third-order valence-electron chi connectivity index (χ3n) is 3.78. The van der Waals surface area contributed by atoms with Crippen LogP contribution in [-0.2, 0) is 0 Å². The van der Waals surface area contributed by atoms with Gasteiger partial charge in [-0.2, -0.15) is 0 Å². The Morgan fingerprint density at radius 1 is 1.29 bits per heavy atom. The normalized spacial score (nSPS) is 27.2. The van der Waals surface area contributed by atoms with Crippen LogP contribution in [0.1, 0.15) is 32.1 Å². The van der Waals surface area contributed by atoms with E-state index in [2.05, 4.69) is 10.2 Å². The van der Waals surface area contributed by atoms with E-state index in [9.17, 15) is 4.39 Å². The smallest absolute Gasteiger partial charge is 0.0906 e. The topological polar surface area (TPSA) is 15.3 Å². The van der Waals surface area contributed by atoms with Crippen LogP contribution in [-0.4, -0.2) is 43.3 Å². The zero-order valence-corrected chi connectivity index (χ0v) is 8.90. The van der Waals surface area contributed by atoms with Crippen LogP contribution in [0.2, 0.25) is 0 Å². The van der Waals surface area contributed by atoms with Gasteiger partial charge in [0.1, 0.15) is 0 Å². The molecule has 3 heteroatoms. The molecule has 2 fully saturated rings. The zero-order chi connectivity index (χ0) is 9.86. The van der Waals surface area contributed by atoms with E-state index in [1.54, 1.807) is 0 Å².